The molecule has 1 saturated heterocycles. The summed E-state index contributed by atoms with van der Waals surface area (Å²) in [5, 5.41) is 0. The van der Waals surface area contributed by atoms with E-state index in [0.29, 0.717) is 17.1 Å². The number of hydrogen-bond acceptors (Lipinski definition) is 5. The number of ether oxygens (including phenoxy) is 2. The van der Waals surface area contributed by atoms with Gasteiger partial charge in [-0.05, 0) is 12.1 Å². The SMILES string of the molecule is COc1cc(OC)cc(C2(N)OP2(=O)O)c1. The van der Waals surface area contributed by atoms with E-state index in [2.05, 4.69) is 4.52 Å². The molecule has 6 nitrogen and oxygen atoms in total. The second kappa shape index (κ2) is 3.46. The van der Waals surface area contributed by atoms with Gasteiger partial charge in [-0.3, -0.25) is 14.8 Å². The van der Waals surface area contributed by atoms with Crippen LogP contribution >= 0.6 is 7.60 Å². The minimum atomic E-state index is -3.73. The van der Waals surface area contributed by atoms with Crippen molar-refractivity contribution in [3.05, 3.63) is 23.8 Å². The molecular formula is C9H12NO5P. The lowest BCUT2D eigenvalue weighted by atomic mass is 10.2. The summed E-state index contributed by atoms with van der Waals surface area (Å²) >= 11 is 0. The molecule has 0 amide bonds. The van der Waals surface area contributed by atoms with Gasteiger partial charge in [-0.25, -0.2) is 0 Å². The predicted molar refractivity (Wildman–Crippen MR) is 56.3 cm³/mol. The van der Waals surface area contributed by atoms with Gasteiger partial charge in [-0.15, -0.1) is 0 Å². The van der Waals surface area contributed by atoms with Crippen molar-refractivity contribution in [3.8, 4) is 11.5 Å². The van der Waals surface area contributed by atoms with E-state index >= 15 is 0 Å². The van der Waals surface area contributed by atoms with Gasteiger partial charge in [0, 0.05) is 11.6 Å². The van der Waals surface area contributed by atoms with E-state index in [9.17, 15) is 9.46 Å². The van der Waals surface area contributed by atoms with Crippen LogP contribution in [0.15, 0.2) is 18.2 Å². The maximum atomic E-state index is 11.3. The number of nitrogens with two attached hydrogens (primary N) is 1. The van der Waals surface area contributed by atoms with Crippen molar-refractivity contribution in [2.45, 2.75) is 5.47 Å². The minimum absolute atomic E-state index is 0.356. The summed E-state index contributed by atoms with van der Waals surface area (Å²) in [4.78, 5) is 9.26. The van der Waals surface area contributed by atoms with E-state index in [0.717, 1.165) is 0 Å². The van der Waals surface area contributed by atoms with Crippen LogP contribution < -0.4 is 15.2 Å². The molecule has 16 heavy (non-hydrogen) atoms. The topological polar surface area (TPSA) is 94.3 Å². The lowest BCUT2D eigenvalue weighted by Crippen LogP contribution is -2.19. The third kappa shape index (κ3) is 1.60. The first-order valence-electron chi connectivity index (χ1n) is 4.49. The molecule has 7 heteroatoms. The molecule has 1 aromatic rings. The fourth-order valence-corrected chi connectivity index (χ4v) is 2.51. The second-order valence-electron chi connectivity index (χ2n) is 3.41. The molecule has 1 aliphatic heterocycles. The summed E-state index contributed by atoms with van der Waals surface area (Å²) in [6.45, 7) is 0. The average Bonchev–Trinajstić information content (AvgIpc) is 2.79. The van der Waals surface area contributed by atoms with Crippen LogP contribution in [0.5, 0.6) is 11.5 Å². The first-order valence-corrected chi connectivity index (χ1v) is 6.07. The van der Waals surface area contributed by atoms with E-state index in [4.69, 9.17) is 15.2 Å². The van der Waals surface area contributed by atoms with Gasteiger partial charge in [0.15, 0.2) is 0 Å². The van der Waals surface area contributed by atoms with E-state index < -0.39 is 13.1 Å². The molecule has 0 aliphatic carbocycles. The Labute approximate surface area is 92.5 Å². The van der Waals surface area contributed by atoms with Crippen LogP contribution in [0.4, 0.5) is 0 Å². The molecular weight excluding hydrogens is 233 g/mol. The second-order valence-corrected chi connectivity index (χ2v) is 5.30. The van der Waals surface area contributed by atoms with Crippen molar-refractivity contribution in [3.63, 3.8) is 0 Å². The molecule has 2 atom stereocenters. The van der Waals surface area contributed by atoms with Crippen LogP contribution in [-0.2, 0) is 14.6 Å². The molecule has 3 N–H and O–H groups in total. The summed E-state index contributed by atoms with van der Waals surface area (Å²) in [7, 11) is -0.766. The third-order valence-corrected chi connectivity index (χ3v) is 3.97. The van der Waals surface area contributed by atoms with Crippen molar-refractivity contribution in [2.24, 2.45) is 5.73 Å². The van der Waals surface area contributed by atoms with Crippen LogP contribution in [0.3, 0.4) is 0 Å². The predicted octanol–water partition coefficient (Wildman–Crippen LogP) is 0.988. The van der Waals surface area contributed by atoms with Gasteiger partial charge < -0.3 is 14.4 Å². The van der Waals surface area contributed by atoms with Crippen molar-refractivity contribution >= 4 is 7.60 Å². The van der Waals surface area contributed by atoms with Crippen LogP contribution in [-0.4, -0.2) is 19.1 Å². The molecule has 1 heterocycles. The summed E-state index contributed by atoms with van der Waals surface area (Å²) in [5.41, 5.74) is 4.37. The van der Waals surface area contributed by atoms with Gasteiger partial charge in [0.2, 0.25) is 0 Å². The lowest BCUT2D eigenvalue weighted by molar-refractivity contribution is 0.321. The summed E-state index contributed by atoms with van der Waals surface area (Å²) in [5.74, 6) is 0.962. The van der Waals surface area contributed by atoms with Gasteiger partial charge in [0.1, 0.15) is 11.5 Å². The molecule has 2 unspecified atom stereocenters. The molecule has 1 aliphatic rings. The fraction of sp³-hybridized carbons (Fsp3) is 0.333. The highest BCUT2D eigenvalue weighted by Gasteiger charge is 2.67. The molecule has 88 valence electrons. The average molecular weight is 245 g/mol. The summed E-state index contributed by atoms with van der Waals surface area (Å²) in [6.07, 6.45) is 0. The van der Waals surface area contributed by atoms with Gasteiger partial charge in [0.05, 0.1) is 14.2 Å². The highest BCUT2D eigenvalue weighted by Crippen LogP contribution is 2.77. The van der Waals surface area contributed by atoms with E-state index in [1.54, 1.807) is 18.2 Å². The molecule has 2 rings (SSSR count). The molecule has 0 bridgehead atoms. The van der Waals surface area contributed by atoms with Crippen molar-refractivity contribution in [1.29, 1.82) is 0 Å². The van der Waals surface area contributed by atoms with Crippen LogP contribution in [0.2, 0.25) is 0 Å². The van der Waals surface area contributed by atoms with Crippen LogP contribution in [0, 0.1) is 0 Å². The van der Waals surface area contributed by atoms with Gasteiger partial charge in [-0.2, -0.15) is 0 Å². The molecule has 0 radical (unpaired) electrons. The normalized spacial score (nSPS) is 32.2. The first-order chi connectivity index (χ1) is 7.43. The number of methoxy groups -OCH3 is 2. The van der Waals surface area contributed by atoms with E-state index in [-0.39, 0.29) is 0 Å². The Morgan fingerprint density at radius 2 is 1.75 bits per heavy atom. The minimum Gasteiger partial charge on any atom is -0.497 e. The monoisotopic (exact) mass is 245 g/mol. The van der Waals surface area contributed by atoms with Gasteiger partial charge >= 0.3 is 7.60 Å². The zero-order chi connectivity index (χ0) is 12.0. The lowest BCUT2D eigenvalue weighted by Gasteiger charge is -2.09. The molecule has 1 aromatic carbocycles. The summed E-state index contributed by atoms with van der Waals surface area (Å²) in [6, 6.07) is 4.72. The van der Waals surface area contributed by atoms with Crippen LogP contribution in [0.1, 0.15) is 5.56 Å². The highest BCUT2D eigenvalue weighted by molar-refractivity contribution is 7.60. The maximum absolute atomic E-state index is 11.3. The van der Waals surface area contributed by atoms with Gasteiger partial charge in [0.25, 0.3) is 5.47 Å². The third-order valence-electron chi connectivity index (χ3n) is 2.42. The molecule has 1 fully saturated rings. The zero-order valence-electron chi connectivity index (χ0n) is 8.84. The number of benzene rings is 1. The Morgan fingerprint density at radius 3 is 2.06 bits per heavy atom. The van der Waals surface area contributed by atoms with Crippen molar-refractivity contribution in [1.82, 2.24) is 0 Å². The smallest absolute Gasteiger partial charge is 0.382 e. The Balaban J connectivity index is 2.46. The van der Waals surface area contributed by atoms with Crippen molar-refractivity contribution in [2.75, 3.05) is 14.2 Å². The van der Waals surface area contributed by atoms with E-state index in [1.165, 1.54) is 14.2 Å². The van der Waals surface area contributed by atoms with Crippen LogP contribution in [0.25, 0.3) is 0 Å². The standard InChI is InChI=1S/C9H12NO5P/c1-13-7-3-6(4-8(5-7)14-2)9(10)15-16(9,11)12/h3-5H,10H2,1-2H3,(H,11,12). The highest BCUT2D eigenvalue weighted by atomic mass is 31.2. The molecule has 0 spiro atoms. The quantitative estimate of drug-likeness (QED) is 0.609. The van der Waals surface area contributed by atoms with Crippen molar-refractivity contribution < 1.29 is 23.5 Å². The number of hydrogen-bond donors (Lipinski definition) is 2. The van der Waals surface area contributed by atoms with Gasteiger partial charge in [-0.1, -0.05) is 0 Å². The Morgan fingerprint density at radius 1 is 1.31 bits per heavy atom. The Bertz CT molecular complexity index is 455. The Hall–Kier alpha value is -1.07. The zero-order valence-corrected chi connectivity index (χ0v) is 9.73. The maximum Gasteiger partial charge on any atom is 0.382 e. The number of rotatable bonds is 3. The first kappa shape index (κ1) is 11.4. The van der Waals surface area contributed by atoms with E-state index in [1.807, 2.05) is 0 Å². The Kier molecular flexibility index (Phi) is 2.47. The summed E-state index contributed by atoms with van der Waals surface area (Å²) < 4.78 is 26.0. The molecule has 0 aromatic heterocycles. The fourth-order valence-electron chi connectivity index (χ4n) is 1.40. The molecule has 0 saturated carbocycles. The largest absolute Gasteiger partial charge is 0.497 e.